The number of pyridine rings is 1. The molecule has 1 heterocycles. The number of aromatic nitrogens is 1. The molecule has 1 aromatic carbocycles. The van der Waals surface area contributed by atoms with Gasteiger partial charge in [0.15, 0.2) is 0 Å². The molecule has 70 valence electrons. The van der Waals surface area contributed by atoms with Gasteiger partial charge in [-0.05, 0) is 40.0 Å². The van der Waals surface area contributed by atoms with Crippen LogP contribution in [0, 0.1) is 0 Å². The third-order valence-electron chi connectivity index (χ3n) is 2.10. The summed E-state index contributed by atoms with van der Waals surface area (Å²) in [5, 5.41) is 1.16. The van der Waals surface area contributed by atoms with Crippen LogP contribution in [0.3, 0.4) is 0 Å². The Morgan fingerprint density at radius 1 is 1.36 bits per heavy atom. The van der Waals surface area contributed by atoms with E-state index in [2.05, 4.69) is 51.8 Å². The van der Waals surface area contributed by atoms with Crippen molar-refractivity contribution in [3.8, 4) is 0 Å². The lowest BCUT2D eigenvalue weighted by atomic mass is 10.1. The molecule has 0 spiro atoms. The summed E-state index contributed by atoms with van der Waals surface area (Å²) in [6.45, 7) is 3.72. The zero-order valence-electron chi connectivity index (χ0n) is 7.70. The van der Waals surface area contributed by atoms with E-state index in [1.807, 2.05) is 12.3 Å². The Hall–Kier alpha value is -1.15. The number of allylic oxidation sites excluding steroid dienone is 1. The zero-order valence-corrected chi connectivity index (χ0v) is 9.29. The standard InChI is InChI=1S/C12H10BrN/c1-2-3-9-4-5-10-7-11(13)8-14-12(10)6-9/h2,4-8H,1,3H2. The first kappa shape index (κ1) is 9.41. The number of rotatable bonds is 2. The van der Waals surface area contributed by atoms with Crippen LogP contribution >= 0.6 is 15.9 Å². The minimum Gasteiger partial charge on any atom is -0.255 e. The summed E-state index contributed by atoms with van der Waals surface area (Å²) < 4.78 is 1.02. The van der Waals surface area contributed by atoms with Gasteiger partial charge in [-0.1, -0.05) is 18.2 Å². The van der Waals surface area contributed by atoms with E-state index in [1.165, 1.54) is 5.56 Å². The average molecular weight is 248 g/mol. The highest BCUT2D eigenvalue weighted by molar-refractivity contribution is 9.10. The quantitative estimate of drug-likeness (QED) is 0.738. The van der Waals surface area contributed by atoms with Crippen LogP contribution in [-0.2, 0) is 6.42 Å². The van der Waals surface area contributed by atoms with Crippen molar-refractivity contribution in [3.63, 3.8) is 0 Å². The Labute approximate surface area is 91.6 Å². The SMILES string of the molecule is C=CCc1ccc2cc(Br)cnc2c1. The molecule has 2 rings (SSSR count). The predicted octanol–water partition coefficient (Wildman–Crippen LogP) is 3.73. The van der Waals surface area contributed by atoms with E-state index >= 15 is 0 Å². The molecule has 0 unspecified atom stereocenters. The molecule has 14 heavy (non-hydrogen) atoms. The Bertz CT molecular complexity index is 477. The third kappa shape index (κ3) is 1.85. The molecule has 0 aliphatic rings. The summed E-state index contributed by atoms with van der Waals surface area (Å²) in [4.78, 5) is 4.34. The summed E-state index contributed by atoms with van der Waals surface area (Å²) in [7, 11) is 0. The summed E-state index contributed by atoms with van der Waals surface area (Å²) in [6, 6.07) is 8.37. The van der Waals surface area contributed by atoms with Crippen molar-refractivity contribution in [2.75, 3.05) is 0 Å². The van der Waals surface area contributed by atoms with Crippen LogP contribution in [0.2, 0.25) is 0 Å². The Morgan fingerprint density at radius 3 is 3.00 bits per heavy atom. The second-order valence-electron chi connectivity index (χ2n) is 3.17. The molecule has 0 aliphatic heterocycles. The highest BCUT2D eigenvalue weighted by Crippen LogP contribution is 2.18. The average Bonchev–Trinajstić information content (AvgIpc) is 2.19. The first-order valence-corrected chi connectivity index (χ1v) is 5.24. The number of halogens is 1. The lowest BCUT2D eigenvalue weighted by Gasteiger charge is -2.00. The fourth-order valence-electron chi connectivity index (χ4n) is 1.43. The summed E-state index contributed by atoms with van der Waals surface area (Å²) in [5.74, 6) is 0. The molecule has 0 atom stereocenters. The molecule has 2 heteroatoms. The van der Waals surface area contributed by atoms with Gasteiger partial charge in [0, 0.05) is 16.1 Å². The molecular formula is C12H10BrN. The van der Waals surface area contributed by atoms with Crippen LogP contribution in [0.5, 0.6) is 0 Å². The maximum absolute atomic E-state index is 4.34. The van der Waals surface area contributed by atoms with Gasteiger partial charge in [-0.25, -0.2) is 0 Å². The summed E-state index contributed by atoms with van der Waals surface area (Å²) in [6.07, 6.45) is 4.62. The van der Waals surface area contributed by atoms with Crippen molar-refractivity contribution in [2.45, 2.75) is 6.42 Å². The van der Waals surface area contributed by atoms with E-state index in [0.717, 1.165) is 21.8 Å². The van der Waals surface area contributed by atoms with E-state index in [-0.39, 0.29) is 0 Å². The van der Waals surface area contributed by atoms with E-state index < -0.39 is 0 Å². The van der Waals surface area contributed by atoms with Gasteiger partial charge in [0.05, 0.1) is 5.52 Å². The molecule has 0 aliphatic carbocycles. The van der Waals surface area contributed by atoms with Crippen molar-refractivity contribution in [2.24, 2.45) is 0 Å². The van der Waals surface area contributed by atoms with Crippen LogP contribution in [0.15, 0.2) is 47.6 Å². The van der Waals surface area contributed by atoms with Gasteiger partial charge in [0.25, 0.3) is 0 Å². The fourth-order valence-corrected chi connectivity index (χ4v) is 1.78. The molecule has 0 bridgehead atoms. The predicted molar refractivity (Wildman–Crippen MR) is 63.3 cm³/mol. The van der Waals surface area contributed by atoms with Crippen molar-refractivity contribution in [1.29, 1.82) is 0 Å². The van der Waals surface area contributed by atoms with Crippen LogP contribution in [-0.4, -0.2) is 4.98 Å². The molecule has 0 fully saturated rings. The number of benzene rings is 1. The van der Waals surface area contributed by atoms with Crippen LogP contribution in [0.25, 0.3) is 10.9 Å². The van der Waals surface area contributed by atoms with Crippen molar-refractivity contribution >= 4 is 26.8 Å². The smallest absolute Gasteiger partial charge is 0.0705 e. The first-order chi connectivity index (χ1) is 6.79. The molecule has 0 N–H and O–H groups in total. The van der Waals surface area contributed by atoms with E-state index in [0.29, 0.717) is 0 Å². The second kappa shape index (κ2) is 3.93. The minimum atomic E-state index is 0.897. The van der Waals surface area contributed by atoms with Gasteiger partial charge in [-0.2, -0.15) is 0 Å². The summed E-state index contributed by atoms with van der Waals surface area (Å²) in [5.41, 5.74) is 2.29. The van der Waals surface area contributed by atoms with Crippen molar-refractivity contribution in [1.82, 2.24) is 4.98 Å². The molecule has 0 amide bonds. The molecule has 0 radical (unpaired) electrons. The van der Waals surface area contributed by atoms with E-state index in [4.69, 9.17) is 0 Å². The largest absolute Gasteiger partial charge is 0.255 e. The molecule has 0 saturated heterocycles. The maximum Gasteiger partial charge on any atom is 0.0705 e. The lowest BCUT2D eigenvalue weighted by molar-refractivity contribution is 1.27. The summed E-state index contributed by atoms with van der Waals surface area (Å²) >= 11 is 3.40. The molecule has 0 saturated carbocycles. The molecule has 1 nitrogen and oxygen atoms in total. The maximum atomic E-state index is 4.34. The molecule has 2 aromatic rings. The van der Waals surface area contributed by atoms with Crippen molar-refractivity contribution in [3.05, 3.63) is 53.2 Å². The second-order valence-corrected chi connectivity index (χ2v) is 4.09. The van der Waals surface area contributed by atoms with Gasteiger partial charge in [0.1, 0.15) is 0 Å². The van der Waals surface area contributed by atoms with E-state index in [9.17, 15) is 0 Å². The zero-order chi connectivity index (χ0) is 9.97. The van der Waals surface area contributed by atoms with Gasteiger partial charge in [-0.15, -0.1) is 6.58 Å². The van der Waals surface area contributed by atoms with Crippen molar-refractivity contribution < 1.29 is 0 Å². The molecular weight excluding hydrogens is 238 g/mol. The first-order valence-electron chi connectivity index (χ1n) is 4.44. The number of hydrogen-bond acceptors (Lipinski definition) is 1. The number of fused-ring (bicyclic) bond motifs is 1. The molecule has 1 aromatic heterocycles. The fraction of sp³-hybridized carbons (Fsp3) is 0.0833. The van der Waals surface area contributed by atoms with Crippen LogP contribution in [0.1, 0.15) is 5.56 Å². The third-order valence-corrected chi connectivity index (χ3v) is 2.53. The topological polar surface area (TPSA) is 12.9 Å². The Morgan fingerprint density at radius 2 is 2.21 bits per heavy atom. The van der Waals surface area contributed by atoms with Gasteiger partial charge >= 0.3 is 0 Å². The number of hydrogen-bond donors (Lipinski definition) is 0. The lowest BCUT2D eigenvalue weighted by Crippen LogP contribution is -1.83. The monoisotopic (exact) mass is 247 g/mol. The highest BCUT2D eigenvalue weighted by Gasteiger charge is 1.97. The van der Waals surface area contributed by atoms with Crippen LogP contribution < -0.4 is 0 Å². The normalized spacial score (nSPS) is 10.4. The van der Waals surface area contributed by atoms with E-state index in [1.54, 1.807) is 0 Å². The van der Waals surface area contributed by atoms with Gasteiger partial charge in [-0.3, -0.25) is 4.98 Å². The Kier molecular flexibility index (Phi) is 2.64. The van der Waals surface area contributed by atoms with Crippen LogP contribution in [0.4, 0.5) is 0 Å². The minimum absolute atomic E-state index is 0.897. The van der Waals surface area contributed by atoms with Gasteiger partial charge in [0.2, 0.25) is 0 Å². The van der Waals surface area contributed by atoms with Gasteiger partial charge < -0.3 is 0 Å². The Balaban J connectivity index is 2.55. The number of nitrogens with zero attached hydrogens (tertiary/aromatic N) is 1. The highest BCUT2D eigenvalue weighted by atomic mass is 79.9.